The molecule has 8 saturated heterocycles. The van der Waals surface area contributed by atoms with Crippen molar-refractivity contribution in [2.24, 2.45) is 23.7 Å². The van der Waals surface area contributed by atoms with Crippen molar-refractivity contribution in [3.8, 4) is 69.2 Å². The van der Waals surface area contributed by atoms with Crippen molar-refractivity contribution in [3.63, 3.8) is 0 Å². The van der Waals surface area contributed by atoms with E-state index in [9.17, 15) is 28.0 Å². The van der Waals surface area contributed by atoms with Gasteiger partial charge in [0.05, 0.1) is 53.3 Å². The van der Waals surface area contributed by atoms with Crippen LogP contribution in [0.15, 0.2) is 205 Å². The molecule has 122 heavy (non-hydrogen) atoms. The minimum atomic E-state index is -0.498. The second-order valence-corrected chi connectivity index (χ2v) is 33.0. The first-order chi connectivity index (χ1) is 59.4. The molecule has 4 aliphatic carbocycles. The fraction of sp³-hybridized carbons (Fsp3) is 0.362. The minimum absolute atomic E-state index is 0.00566. The number of fused-ring (bicyclic) bond motifs is 12. The van der Waals surface area contributed by atoms with E-state index in [2.05, 4.69) is 59.8 Å². The number of oxazole rings is 2. The lowest BCUT2D eigenvalue weighted by Gasteiger charge is -2.49. The summed E-state index contributed by atoms with van der Waals surface area (Å²) in [5, 5.41) is 0. The fourth-order valence-electron chi connectivity index (χ4n) is 18.4. The lowest BCUT2D eigenvalue weighted by molar-refractivity contribution is -0.0316. The maximum Gasteiger partial charge on any atom is 0.273 e. The van der Waals surface area contributed by atoms with Gasteiger partial charge in [0, 0.05) is 117 Å². The molecule has 24 rings (SSSR count). The quantitative estimate of drug-likeness (QED) is 0.0868. The van der Waals surface area contributed by atoms with Crippen molar-refractivity contribution in [1.82, 2.24) is 79.4 Å². The van der Waals surface area contributed by atoms with Crippen LogP contribution in [0.5, 0.6) is 23.5 Å². The lowest BCUT2D eigenvalue weighted by atomic mass is 9.77. The second-order valence-electron chi connectivity index (χ2n) is 33.0. The van der Waals surface area contributed by atoms with Gasteiger partial charge in [-0.2, -0.15) is 0 Å². The number of hydrogen-bond donors (Lipinski definition) is 0. The van der Waals surface area contributed by atoms with Gasteiger partial charge in [0.15, 0.2) is 5.82 Å². The summed E-state index contributed by atoms with van der Waals surface area (Å²) in [5.74, 6) is 3.25. The molecule has 624 valence electrons. The molecule has 0 N–H and O–H groups in total. The van der Waals surface area contributed by atoms with Gasteiger partial charge >= 0.3 is 0 Å². The number of pyridine rings is 10. The van der Waals surface area contributed by atoms with E-state index in [0.717, 1.165) is 124 Å². The Morgan fingerprint density at radius 2 is 0.721 bits per heavy atom. The molecule has 12 aromatic rings. The molecule has 8 bridgehead atoms. The molecule has 4 saturated carbocycles. The largest absolute Gasteiger partial charge is 0.472 e. The van der Waals surface area contributed by atoms with Crippen LogP contribution in [0.2, 0.25) is 0 Å². The number of piperidine rings is 8. The van der Waals surface area contributed by atoms with Crippen LogP contribution in [0.25, 0.3) is 45.7 Å². The molecule has 8 aliphatic heterocycles. The molecule has 12 aromatic heterocycles. The number of aromatic nitrogens is 12. The van der Waals surface area contributed by atoms with Gasteiger partial charge in [0.25, 0.3) is 23.6 Å². The molecular formula is C94H94F2N16O10. The number of carbonyl (C=O) groups is 4. The summed E-state index contributed by atoms with van der Waals surface area (Å²) in [6.07, 6.45) is 32.5. The molecule has 12 atom stereocenters. The Morgan fingerprint density at radius 1 is 0.344 bits per heavy atom. The normalized spacial score (nSPS) is 22.6. The first kappa shape index (κ1) is 81.2. The van der Waals surface area contributed by atoms with Gasteiger partial charge in [-0.15, -0.1) is 0 Å². The van der Waals surface area contributed by atoms with Crippen LogP contribution in [-0.2, 0) is 0 Å². The van der Waals surface area contributed by atoms with E-state index in [-0.39, 0.29) is 95.0 Å². The van der Waals surface area contributed by atoms with Gasteiger partial charge in [-0.25, -0.2) is 48.7 Å². The molecule has 20 heterocycles. The third kappa shape index (κ3) is 17.9. The molecule has 28 heteroatoms. The zero-order valence-electron chi connectivity index (χ0n) is 68.7. The van der Waals surface area contributed by atoms with Gasteiger partial charge in [0.1, 0.15) is 76.9 Å². The van der Waals surface area contributed by atoms with Crippen molar-refractivity contribution < 1.29 is 55.7 Å². The Hall–Kier alpha value is -13.1. The highest BCUT2D eigenvalue weighted by molar-refractivity contribution is 6.01. The molecule has 0 aromatic carbocycles. The zero-order chi connectivity index (χ0) is 84.1. The van der Waals surface area contributed by atoms with Gasteiger partial charge < -0.3 is 47.4 Å². The Bertz CT molecular complexity index is 5350. The zero-order valence-corrected chi connectivity index (χ0v) is 68.7. The highest BCUT2D eigenvalue weighted by Crippen LogP contribution is 2.44. The van der Waals surface area contributed by atoms with E-state index >= 15 is 0 Å². The highest BCUT2D eigenvalue weighted by atomic mass is 19.1. The molecular weight excluding hydrogens is 1550 g/mol. The van der Waals surface area contributed by atoms with Crippen molar-refractivity contribution in [2.75, 3.05) is 26.2 Å². The van der Waals surface area contributed by atoms with E-state index in [0.29, 0.717) is 106 Å². The van der Waals surface area contributed by atoms with E-state index in [1.54, 1.807) is 80.0 Å². The summed E-state index contributed by atoms with van der Waals surface area (Å²) in [6.45, 7) is 14.6. The average molecular weight is 1650 g/mol. The number of halogens is 2. The smallest absolute Gasteiger partial charge is 0.273 e. The molecule has 12 unspecified atom stereocenters. The Morgan fingerprint density at radius 3 is 1.13 bits per heavy atom. The molecule has 12 fully saturated rings. The minimum Gasteiger partial charge on any atom is -0.472 e. The number of hydrogen-bond acceptors (Lipinski definition) is 22. The van der Waals surface area contributed by atoms with E-state index in [4.69, 9.17) is 27.8 Å². The number of amides is 4. The second kappa shape index (κ2) is 36.0. The Labute approximate surface area is 705 Å². The number of nitrogens with zero attached hydrogens (tertiary/aromatic N) is 16. The van der Waals surface area contributed by atoms with Gasteiger partial charge in [-0.05, 0) is 237 Å². The topological polar surface area (TPSA) is 299 Å². The SMILES string of the molecule is Cc1ccc(OC2CC3CCC2N(C(=O)c2ccc(C)nc2-c2ncco2)C3)nc1.Cc1ccc(OC2CC3CCC2N(C(=O)c2cccnc2-c2ncccc2F)C3)nc1.Cc1ccc(OC2CC3CCC2N(C(=O)c2ncc(C)cc2-c2ncco2)C3)nc1.Cc1ccc(OC2CC3CCC2N(C(=O)c2ncccc2-c2ncccc2F)C3)nc1. The van der Waals surface area contributed by atoms with E-state index in [1.165, 1.54) is 49.2 Å². The van der Waals surface area contributed by atoms with Crippen LogP contribution < -0.4 is 18.9 Å². The molecule has 26 nitrogen and oxygen atoms in total. The third-order valence-electron chi connectivity index (χ3n) is 24.4. The van der Waals surface area contributed by atoms with Crippen LogP contribution in [-0.4, -0.2) is 178 Å². The first-order valence-electron chi connectivity index (χ1n) is 41.8. The molecule has 0 spiro atoms. The van der Waals surface area contributed by atoms with Gasteiger partial charge in [0.2, 0.25) is 35.3 Å². The van der Waals surface area contributed by atoms with Crippen LogP contribution in [0, 0.1) is 76.8 Å². The predicted octanol–water partition coefficient (Wildman–Crippen LogP) is 15.8. The molecule has 4 amide bonds. The van der Waals surface area contributed by atoms with Crippen molar-refractivity contribution in [1.29, 1.82) is 0 Å². The van der Waals surface area contributed by atoms with Crippen molar-refractivity contribution in [2.45, 2.75) is 167 Å². The monoisotopic (exact) mass is 1640 g/mol. The maximum atomic E-state index is 14.4. The van der Waals surface area contributed by atoms with Crippen molar-refractivity contribution >= 4 is 23.6 Å². The summed E-state index contributed by atoms with van der Waals surface area (Å²) in [4.78, 5) is 114. The third-order valence-corrected chi connectivity index (χ3v) is 24.4. The Balaban J connectivity index is 0.000000116. The van der Waals surface area contributed by atoms with E-state index in [1.807, 2.05) is 128 Å². The van der Waals surface area contributed by atoms with Gasteiger partial charge in [-0.3, -0.25) is 39.1 Å². The number of aryl methyl sites for hydroxylation is 6. The van der Waals surface area contributed by atoms with Crippen molar-refractivity contribution in [3.05, 3.63) is 264 Å². The lowest BCUT2D eigenvalue weighted by Crippen LogP contribution is -2.59. The van der Waals surface area contributed by atoms with Crippen LogP contribution in [0.1, 0.15) is 152 Å². The summed E-state index contributed by atoms with van der Waals surface area (Å²) in [7, 11) is 0. The number of ether oxygens (including phenoxy) is 4. The first-order valence-corrected chi connectivity index (χ1v) is 41.8. The standard InChI is InChI=1S/2C24H23FN4O2.2C23H24N4O3/c1-15-6-9-21(28-13-15)31-20-12-16-7-8-19(20)29(14-16)24(30)17-4-2-10-26-22(17)23-18(25)5-3-11-27-23;1-15-6-9-21(28-13-15)31-20-12-16-7-8-19(20)29(14-16)24(30)23-17(4-2-10-27-23)22-18(25)5-3-11-26-22;1-14-3-8-20(25-12-14)30-19-11-16-5-7-18(19)27(13-16)23(28)17-6-4-15(2)26-21(17)22-24-9-10-29-22;1-14-3-6-20(25-11-14)30-19-10-16-4-5-18(19)27(13-16)23(28)21-17(9-15(2)12-26-21)22-24-7-8-29-22/h2*2-6,9-11,13,16,19-20H,7-8,12,14H2,1H3;3-4,6,8-10,12,16,18-19H,5,7,11,13H2,1-2H3;3,6-9,11-12,16,18-19H,4-5,10,13H2,1-2H3. The van der Waals surface area contributed by atoms with Crippen LogP contribution >= 0.6 is 0 Å². The number of rotatable bonds is 16. The molecule has 0 radical (unpaired) electrons. The summed E-state index contributed by atoms with van der Waals surface area (Å²) >= 11 is 0. The highest BCUT2D eigenvalue weighted by Gasteiger charge is 2.50. The maximum absolute atomic E-state index is 14.4. The van der Waals surface area contributed by atoms with Crippen LogP contribution in [0.3, 0.4) is 0 Å². The Kier molecular flexibility index (Phi) is 24.0. The van der Waals surface area contributed by atoms with Gasteiger partial charge in [-0.1, -0.05) is 24.3 Å². The number of carbonyl (C=O) groups excluding carboxylic acids is 4. The summed E-state index contributed by atoms with van der Waals surface area (Å²) < 4.78 is 64.6. The van der Waals surface area contributed by atoms with Crippen LogP contribution in [0.4, 0.5) is 8.78 Å². The average Bonchev–Trinajstić information content (AvgIpc) is 0.783. The van der Waals surface area contributed by atoms with E-state index < -0.39 is 11.6 Å². The predicted molar refractivity (Wildman–Crippen MR) is 446 cm³/mol. The molecule has 12 aliphatic rings. The summed E-state index contributed by atoms with van der Waals surface area (Å²) in [6, 6.07) is 33.4. The fourth-order valence-corrected chi connectivity index (χ4v) is 18.4. The summed E-state index contributed by atoms with van der Waals surface area (Å²) in [5.41, 5.74) is 9.58.